The molecular formula is C22H19N5O3. The molecule has 8 nitrogen and oxygen atoms in total. The first-order valence-corrected chi connectivity index (χ1v) is 9.35. The summed E-state index contributed by atoms with van der Waals surface area (Å²) in [4.78, 5) is 42.3. The van der Waals surface area contributed by atoms with Crippen molar-refractivity contribution >= 4 is 34.9 Å². The predicted molar refractivity (Wildman–Crippen MR) is 113 cm³/mol. The Labute approximate surface area is 172 Å². The summed E-state index contributed by atoms with van der Waals surface area (Å²) in [5.41, 5.74) is 3.11. The monoisotopic (exact) mass is 401 g/mol. The van der Waals surface area contributed by atoms with Crippen LogP contribution in [0.4, 0.5) is 21.9 Å². The van der Waals surface area contributed by atoms with Crippen LogP contribution in [-0.2, 0) is 11.3 Å². The minimum Gasteiger partial charge on any atom is -0.348 e. The van der Waals surface area contributed by atoms with Crippen molar-refractivity contribution in [1.29, 1.82) is 0 Å². The molecule has 4 amide bonds. The van der Waals surface area contributed by atoms with Crippen LogP contribution in [0.25, 0.3) is 0 Å². The third-order valence-corrected chi connectivity index (χ3v) is 4.59. The van der Waals surface area contributed by atoms with Gasteiger partial charge in [-0.25, -0.2) is 4.79 Å². The molecule has 1 aliphatic rings. The molecule has 1 aromatic heterocycles. The number of benzene rings is 2. The van der Waals surface area contributed by atoms with Crippen molar-refractivity contribution < 1.29 is 14.4 Å². The molecule has 4 rings (SSSR count). The quantitative estimate of drug-likeness (QED) is 0.625. The first kappa shape index (κ1) is 19.1. The number of carbonyl (C=O) groups is 3. The smallest absolute Gasteiger partial charge is 0.326 e. The van der Waals surface area contributed by atoms with Gasteiger partial charge in [-0.2, -0.15) is 0 Å². The molecule has 0 spiro atoms. The number of anilines is 3. The molecule has 0 aliphatic carbocycles. The summed E-state index contributed by atoms with van der Waals surface area (Å²) in [6.07, 6.45) is 3.37. The number of para-hydroxylation sites is 2. The second-order valence-corrected chi connectivity index (χ2v) is 6.70. The molecule has 0 fully saturated rings. The topological polar surface area (TPSA) is 103 Å². The number of aromatic nitrogens is 1. The van der Waals surface area contributed by atoms with Gasteiger partial charge < -0.3 is 16.0 Å². The molecule has 0 saturated heterocycles. The van der Waals surface area contributed by atoms with Crippen molar-refractivity contribution in [3.63, 3.8) is 0 Å². The van der Waals surface area contributed by atoms with Gasteiger partial charge >= 0.3 is 6.03 Å². The number of rotatable bonds is 4. The number of urea groups is 1. The lowest BCUT2D eigenvalue weighted by atomic mass is 10.2. The van der Waals surface area contributed by atoms with Crippen LogP contribution in [0.2, 0.25) is 0 Å². The lowest BCUT2D eigenvalue weighted by Crippen LogP contribution is -2.44. The fourth-order valence-electron chi connectivity index (χ4n) is 3.10. The normalized spacial score (nSPS) is 12.5. The van der Waals surface area contributed by atoms with Crippen LogP contribution in [0, 0.1) is 0 Å². The summed E-state index contributed by atoms with van der Waals surface area (Å²) in [5.74, 6) is -0.483. The molecule has 0 radical (unpaired) electrons. The Bertz CT molecular complexity index is 1080. The molecule has 3 aromatic rings. The van der Waals surface area contributed by atoms with E-state index in [1.165, 1.54) is 4.90 Å². The molecular weight excluding hydrogens is 382 g/mol. The van der Waals surface area contributed by atoms with Crippen LogP contribution in [0.15, 0.2) is 73.1 Å². The van der Waals surface area contributed by atoms with Gasteiger partial charge in [0.1, 0.15) is 6.54 Å². The van der Waals surface area contributed by atoms with Crippen LogP contribution in [0.1, 0.15) is 15.9 Å². The maximum absolute atomic E-state index is 12.7. The van der Waals surface area contributed by atoms with E-state index in [1.807, 2.05) is 12.1 Å². The van der Waals surface area contributed by atoms with Crippen LogP contribution < -0.4 is 20.9 Å². The lowest BCUT2D eigenvalue weighted by molar-refractivity contribution is -0.115. The highest BCUT2D eigenvalue weighted by molar-refractivity contribution is 6.12. The van der Waals surface area contributed by atoms with Gasteiger partial charge in [-0.15, -0.1) is 0 Å². The van der Waals surface area contributed by atoms with Gasteiger partial charge in [0.15, 0.2) is 0 Å². The van der Waals surface area contributed by atoms with Gasteiger partial charge in [-0.05, 0) is 48.0 Å². The van der Waals surface area contributed by atoms with Gasteiger partial charge in [0, 0.05) is 30.2 Å². The number of nitrogens with zero attached hydrogens (tertiary/aromatic N) is 2. The van der Waals surface area contributed by atoms with Crippen LogP contribution >= 0.6 is 0 Å². The Morgan fingerprint density at radius 2 is 1.83 bits per heavy atom. The third kappa shape index (κ3) is 4.27. The zero-order chi connectivity index (χ0) is 20.9. The SMILES string of the molecule is O=C1CN(C(=O)Nc2ccc(C(=O)NCc3cccnc3)cc2)c2ccccc2N1. The van der Waals surface area contributed by atoms with Crippen LogP contribution in [0.3, 0.4) is 0 Å². The number of pyridine rings is 1. The highest BCUT2D eigenvalue weighted by atomic mass is 16.2. The Hall–Kier alpha value is -4.20. The number of carbonyl (C=O) groups excluding carboxylic acids is 3. The van der Waals surface area contributed by atoms with Crippen molar-refractivity contribution in [2.75, 3.05) is 22.1 Å². The minimum absolute atomic E-state index is 0.0717. The lowest BCUT2D eigenvalue weighted by Gasteiger charge is -2.29. The Balaban J connectivity index is 1.39. The molecule has 0 unspecified atom stereocenters. The number of amides is 4. The van der Waals surface area contributed by atoms with Crippen molar-refractivity contribution in [3.8, 4) is 0 Å². The van der Waals surface area contributed by atoms with Crippen LogP contribution in [0.5, 0.6) is 0 Å². The molecule has 1 aliphatic heterocycles. The second-order valence-electron chi connectivity index (χ2n) is 6.70. The maximum atomic E-state index is 12.7. The fourth-order valence-corrected chi connectivity index (χ4v) is 3.10. The molecule has 0 saturated carbocycles. The molecule has 0 atom stereocenters. The van der Waals surface area contributed by atoms with Gasteiger partial charge in [0.25, 0.3) is 5.91 Å². The van der Waals surface area contributed by atoms with Crippen LogP contribution in [-0.4, -0.2) is 29.4 Å². The average molecular weight is 401 g/mol. The molecule has 30 heavy (non-hydrogen) atoms. The molecule has 2 aromatic carbocycles. The fraction of sp³-hybridized carbons (Fsp3) is 0.0909. The van der Waals surface area contributed by atoms with Crippen molar-refractivity contribution in [3.05, 3.63) is 84.2 Å². The molecule has 150 valence electrons. The van der Waals surface area contributed by atoms with E-state index in [9.17, 15) is 14.4 Å². The van der Waals surface area contributed by atoms with E-state index in [0.29, 0.717) is 29.2 Å². The first-order valence-electron chi connectivity index (χ1n) is 9.35. The van der Waals surface area contributed by atoms with E-state index in [-0.39, 0.29) is 18.4 Å². The Morgan fingerprint density at radius 3 is 2.60 bits per heavy atom. The Kier molecular flexibility index (Phi) is 5.38. The van der Waals surface area contributed by atoms with Gasteiger partial charge in [0.2, 0.25) is 5.91 Å². The molecule has 3 N–H and O–H groups in total. The molecule has 0 bridgehead atoms. The van der Waals surface area contributed by atoms with E-state index in [4.69, 9.17) is 0 Å². The van der Waals surface area contributed by atoms with Crippen molar-refractivity contribution in [1.82, 2.24) is 10.3 Å². The number of hydrogen-bond donors (Lipinski definition) is 3. The van der Waals surface area contributed by atoms with E-state index in [1.54, 1.807) is 60.9 Å². The second kappa shape index (κ2) is 8.44. The van der Waals surface area contributed by atoms with Gasteiger partial charge in [-0.3, -0.25) is 19.5 Å². The third-order valence-electron chi connectivity index (χ3n) is 4.59. The maximum Gasteiger partial charge on any atom is 0.326 e. The first-order chi connectivity index (χ1) is 14.6. The van der Waals surface area contributed by atoms with Crippen molar-refractivity contribution in [2.24, 2.45) is 0 Å². The Morgan fingerprint density at radius 1 is 1.03 bits per heavy atom. The summed E-state index contributed by atoms with van der Waals surface area (Å²) in [5, 5.41) is 8.33. The minimum atomic E-state index is -0.425. The molecule has 8 heteroatoms. The van der Waals surface area contributed by atoms with E-state index in [0.717, 1.165) is 5.56 Å². The summed E-state index contributed by atoms with van der Waals surface area (Å²) < 4.78 is 0. The summed E-state index contributed by atoms with van der Waals surface area (Å²) >= 11 is 0. The highest BCUT2D eigenvalue weighted by Gasteiger charge is 2.26. The number of fused-ring (bicyclic) bond motifs is 1. The van der Waals surface area contributed by atoms with Gasteiger partial charge in [0.05, 0.1) is 11.4 Å². The van der Waals surface area contributed by atoms with E-state index < -0.39 is 6.03 Å². The zero-order valence-corrected chi connectivity index (χ0v) is 16.0. The standard InChI is InChI=1S/C22H19N5O3/c28-20-14-27(19-6-2-1-5-18(19)26-20)22(30)25-17-9-7-16(8-10-17)21(29)24-13-15-4-3-11-23-12-15/h1-12H,13-14H2,(H,24,29)(H,25,30)(H,26,28). The average Bonchev–Trinajstić information content (AvgIpc) is 2.78. The highest BCUT2D eigenvalue weighted by Crippen LogP contribution is 2.29. The van der Waals surface area contributed by atoms with Gasteiger partial charge in [-0.1, -0.05) is 18.2 Å². The summed E-state index contributed by atoms with van der Waals surface area (Å²) in [6, 6.07) is 16.9. The largest absolute Gasteiger partial charge is 0.348 e. The summed E-state index contributed by atoms with van der Waals surface area (Å²) in [6.45, 7) is 0.305. The number of nitrogens with one attached hydrogen (secondary N) is 3. The van der Waals surface area contributed by atoms with Crippen molar-refractivity contribution in [2.45, 2.75) is 6.54 Å². The molecule has 2 heterocycles. The number of hydrogen-bond acceptors (Lipinski definition) is 4. The van der Waals surface area contributed by atoms with E-state index in [2.05, 4.69) is 20.9 Å². The zero-order valence-electron chi connectivity index (χ0n) is 16.0. The van der Waals surface area contributed by atoms with E-state index >= 15 is 0 Å². The summed E-state index contributed by atoms with van der Waals surface area (Å²) in [7, 11) is 0. The predicted octanol–water partition coefficient (Wildman–Crippen LogP) is 3.00.